The van der Waals surface area contributed by atoms with E-state index in [9.17, 15) is 4.57 Å². The van der Waals surface area contributed by atoms with Gasteiger partial charge in [0.2, 0.25) is 5.78 Å². The molecule has 0 aromatic carbocycles. The van der Waals surface area contributed by atoms with Gasteiger partial charge in [-0.15, -0.1) is 11.8 Å². The summed E-state index contributed by atoms with van der Waals surface area (Å²) < 4.78 is 21.6. The molecule has 0 N–H and O–H groups in total. The van der Waals surface area contributed by atoms with E-state index in [-0.39, 0.29) is 10.5 Å². The highest BCUT2D eigenvalue weighted by Gasteiger charge is 2.62. The third-order valence-electron chi connectivity index (χ3n) is 3.49. The van der Waals surface area contributed by atoms with Crippen molar-refractivity contribution < 1.29 is 8.78 Å². The van der Waals surface area contributed by atoms with Crippen LogP contribution in [0.15, 0.2) is 0 Å². The average Bonchev–Trinajstić information content (AvgIpc) is 2.46. The molecule has 0 radical (unpaired) electrons. The van der Waals surface area contributed by atoms with E-state index in [1.54, 1.807) is 0 Å². The molecule has 3 atom stereocenters. The van der Waals surface area contributed by atoms with Crippen molar-refractivity contribution >= 4 is 36.3 Å². The van der Waals surface area contributed by atoms with Crippen molar-refractivity contribution in [2.75, 3.05) is 0 Å². The van der Waals surface area contributed by atoms with Crippen molar-refractivity contribution in [3.8, 4) is 0 Å². The van der Waals surface area contributed by atoms with Crippen LogP contribution in [0.1, 0.15) is 27.7 Å². The van der Waals surface area contributed by atoms with Gasteiger partial charge in [0.1, 0.15) is 8.24 Å². The van der Waals surface area contributed by atoms with Crippen molar-refractivity contribution in [2.45, 2.75) is 82.9 Å². The lowest BCUT2D eigenvalue weighted by atomic mass is 10.2. The van der Waals surface area contributed by atoms with Crippen molar-refractivity contribution in [1.82, 2.24) is 4.57 Å². The Labute approximate surface area is 138 Å². The Morgan fingerprint density at radius 3 is 1.95 bits per heavy atom. The molecule has 0 aliphatic carbocycles. The van der Waals surface area contributed by atoms with Gasteiger partial charge in [-0.3, -0.25) is 4.57 Å². The molecule has 7 heteroatoms. The highest BCUT2D eigenvalue weighted by Crippen LogP contribution is 2.57. The van der Waals surface area contributed by atoms with Crippen LogP contribution in [0.3, 0.4) is 0 Å². The Hall–Kier alpha value is 0.804. The summed E-state index contributed by atoms with van der Waals surface area (Å²) in [5.41, 5.74) is 0. The first-order valence-corrected chi connectivity index (χ1v) is 16.8. The SMILES string of the molecule is CC(C)C1SC(C)(C)C([P+](=O)O[Si](C)(C)C)N1[Si](C)(C)C. The molecule has 1 rings (SSSR count). The van der Waals surface area contributed by atoms with E-state index in [1.807, 2.05) is 11.8 Å². The first-order valence-electron chi connectivity index (χ1n) is 7.78. The van der Waals surface area contributed by atoms with E-state index in [2.05, 4.69) is 71.5 Å². The summed E-state index contributed by atoms with van der Waals surface area (Å²) in [7, 11) is -5.03. The van der Waals surface area contributed by atoms with Crippen LogP contribution in [0.25, 0.3) is 0 Å². The van der Waals surface area contributed by atoms with Crippen LogP contribution in [0.2, 0.25) is 39.3 Å². The van der Waals surface area contributed by atoms with Crippen LogP contribution in [0.4, 0.5) is 0 Å². The van der Waals surface area contributed by atoms with Gasteiger partial charge in [-0.25, -0.2) is 4.21 Å². The van der Waals surface area contributed by atoms with Crippen LogP contribution < -0.4 is 0 Å². The van der Waals surface area contributed by atoms with E-state index >= 15 is 0 Å². The second-order valence-corrected chi connectivity index (χ2v) is 21.4. The van der Waals surface area contributed by atoms with Crippen LogP contribution in [0.5, 0.6) is 0 Å². The third kappa shape index (κ3) is 4.89. The van der Waals surface area contributed by atoms with Crippen molar-refractivity contribution in [3.63, 3.8) is 0 Å². The minimum atomic E-state index is -1.79. The van der Waals surface area contributed by atoms with E-state index in [1.165, 1.54) is 0 Å². The molecule has 1 aliphatic rings. The van der Waals surface area contributed by atoms with Crippen molar-refractivity contribution in [2.24, 2.45) is 5.92 Å². The number of hydrogen-bond acceptors (Lipinski definition) is 4. The minimum Gasteiger partial charge on any atom is -0.267 e. The smallest absolute Gasteiger partial charge is 0.267 e. The van der Waals surface area contributed by atoms with Gasteiger partial charge in [0.05, 0.1) is 10.1 Å². The average molecular weight is 367 g/mol. The van der Waals surface area contributed by atoms with E-state index in [0.29, 0.717) is 11.3 Å². The normalized spacial score (nSPS) is 28.2. The molecule has 3 unspecified atom stereocenters. The number of rotatable bonds is 5. The summed E-state index contributed by atoms with van der Waals surface area (Å²) in [4.78, 5) is 0. The Balaban J connectivity index is 3.20. The Bertz CT molecular complexity index is 405. The van der Waals surface area contributed by atoms with Gasteiger partial charge in [0, 0.05) is 0 Å². The van der Waals surface area contributed by atoms with Crippen molar-refractivity contribution in [3.05, 3.63) is 0 Å². The van der Waals surface area contributed by atoms with E-state index < -0.39 is 24.6 Å². The molecule has 0 spiro atoms. The fraction of sp³-hybridized carbons (Fsp3) is 1.00. The summed E-state index contributed by atoms with van der Waals surface area (Å²) in [6.45, 7) is 22.4. The number of hydrogen-bond donors (Lipinski definition) is 0. The van der Waals surface area contributed by atoms with Crippen molar-refractivity contribution in [1.29, 1.82) is 0 Å². The highest BCUT2D eigenvalue weighted by molar-refractivity contribution is 8.01. The molecule has 1 aliphatic heterocycles. The molecule has 0 aromatic rings. The van der Waals surface area contributed by atoms with Gasteiger partial charge in [-0.2, -0.15) is 0 Å². The molecule has 3 nitrogen and oxygen atoms in total. The first-order chi connectivity index (χ1) is 9.17. The van der Waals surface area contributed by atoms with Crippen LogP contribution in [-0.2, 0) is 8.78 Å². The number of nitrogens with zero attached hydrogens (tertiary/aromatic N) is 1. The van der Waals surface area contributed by atoms with Gasteiger partial charge >= 0.3 is 8.03 Å². The third-order valence-corrected chi connectivity index (χ3v) is 12.2. The first kappa shape index (κ1) is 19.8. The summed E-state index contributed by atoms with van der Waals surface area (Å²) in [6.07, 6.45) is 0. The molecule has 124 valence electrons. The Morgan fingerprint density at radius 1 is 1.14 bits per heavy atom. The number of thioether (sulfide) groups is 1. The molecular weight excluding hydrogens is 333 g/mol. The molecule has 0 aromatic heterocycles. The zero-order valence-corrected chi connectivity index (χ0v) is 19.1. The zero-order chi connectivity index (χ0) is 16.8. The second kappa shape index (κ2) is 6.36. The summed E-state index contributed by atoms with van der Waals surface area (Å²) >= 11 is 1.99. The predicted octanol–water partition coefficient (Wildman–Crippen LogP) is 5.55. The molecule has 0 amide bonds. The van der Waals surface area contributed by atoms with Gasteiger partial charge < -0.3 is 0 Å². The maximum absolute atomic E-state index is 13.0. The highest BCUT2D eigenvalue weighted by atomic mass is 32.2. The Morgan fingerprint density at radius 2 is 1.62 bits per heavy atom. The summed E-state index contributed by atoms with van der Waals surface area (Å²) in [6, 6.07) is 0. The lowest BCUT2D eigenvalue weighted by Crippen LogP contribution is -2.55. The van der Waals surface area contributed by atoms with Crippen LogP contribution >= 0.6 is 19.8 Å². The molecule has 21 heavy (non-hydrogen) atoms. The summed E-state index contributed by atoms with van der Waals surface area (Å²) in [5, 5.41) is 0.445. The predicted molar refractivity (Wildman–Crippen MR) is 101 cm³/mol. The van der Waals surface area contributed by atoms with E-state index in [0.717, 1.165) is 0 Å². The van der Waals surface area contributed by atoms with E-state index in [4.69, 9.17) is 4.21 Å². The minimum absolute atomic E-state index is 0.0255. The standard InChI is InChI=1S/C14H33NO2PSSi2/c1-11(2)12-15(20(5,6)7)13(14(3,4)19-12)18(16)17-21(8,9)10/h11-13H,1-10H3/q+1. The second-order valence-electron chi connectivity index (χ2n) is 8.80. The zero-order valence-electron chi connectivity index (χ0n) is 15.4. The fourth-order valence-corrected chi connectivity index (χ4v) is 12.7. The fourth-order valence-electron chi connectivity index (χ4n) is 2.78. The largest absolute Gasteiger partial charge is 0.516 e. The maximum Gasteiger partial charge on any atom is 0.516 e. The molecule has 1 heterocycles. The van der Waals surface area contributed by atoms with Gasteiger partial charge in [0.15, 0.2) is 0 Å². The molecule has 1 saturated heterocycles. The molecular formula is C14H33NO2PSSi2+. The lowest BCUT2D eigenvalue weighted by Gasteiger charge is -2.37. The summed E-state index contributed by atoms with van der Waals surface area (Å²) in [5.74, 6) is 0.588. The van der Waals surface area contributed by atoms with Crippen LogP contribution in [-0.4, -0.2) is 37.0 Å². The monoisotopic (exact) mass is 366 g/mol. The van der Waals surface area contributed by atoms with Crippen LogP contribution in [0, 0.1) is 5.92 Å². The van der Waals surface area contributed by atoms with Gasteiger partial charge in [0.25, 0.3) is 8.32 Å². The lowest BCUT2D eigenvalue weighted by molar-refractivity contribution is 0.303. The topological polar surface area (TPSA) is 29.5 Å². The molecule has 1 fully saturated rings. The maximum atomic E-state index is 13.0. The van der Waals surface area contributed by atoms with Gasteiger partial charge in [-0.1, -0.05) is 33.5 Å². The van der Waals surface area contributed by atoms with Gasteiger partial charge in [-0.05, 0) is 44.0 Å². The molecule has 0 bridgehead atoms. The quantitative estimate of drug-likeness (QED) is 0.471. The molecule has 0 saturated carbocycles. The Kier molecular flexibility index (Phi) is 6.02.